The second-order valence-electron chi connectivity index (χ2n) is 5.27. The van der Waals surface area contributed by atoms with Crippen molar-refractivity contribution in [1.29, 1.82) is 0 Å². The number of rotatable bonds is 3. The molecular formula is C15H23NO2. The number of benzene rings is 1. The summed E-state index contributed by atoms with van der Waals surface area (Å²) in [6, 6.07) is 4.15. The van der Waals surface area contributed by atoms with Gasteiger partial charge in [-0.25, -0.2) is 0 Å². The van der Waals surface area contributed by atoms with Crippen molar-refractivity contribution >= 4 is 0 Å². The largest absolute Gasteiger partial charge is 0.496 e. The molecule has 1 aromatic rings. The highest BCUT2D eigenvalue weighted by atomic mass is 16.5. The zero-order chi connectivity index (χ0) is 13.3. The topological polar surface area (TPSA) is 44.5 Å². The van der Waals surface area contributed by atoms with Gasteiger partial charge >= 0.3 is 0 Å². The summed E-state index contributed by atoms with van der Waals surface area (Å²) in [5.74, 6) is 0.921. The number of nitrogens with two attached hydrogens (primary N) is 1. The lowest BCUT2D eigenvalue weighted by Crippen LogP contribution is -2.27. The molecule has 0 aromatic heterocycles. The van der Waals surface area contributed by atoms with Crippen LogP contribution in [0.15, 0.2) is 12.1 Å². The molecular weight excluding hydrogens is 226 g/mol. The fourth-order valence-corrected chi connectivity index (χ4v) is 2.69. The maximum absolute atomic E-state index is 6.36. The van der Waals surface area contributed by atoms with Crippen molar-refractivity contribution < 1.29 is 9.47 Å². The Morgan fingerprint density at radius 1 is 1.28 bits per heavy atom. The molecule has 0 amide bonds. The summed E-state index contributed by atoms with van der Waals surface area (Å²) in [6.07, 6.45) is 2.63. The van der Waals surface area contributed by atoms with Crippen LogP contribution in [0.5, 0.6) is 5.75 Å². The molecule has 0 saturated carbocycles. The fraction of sp³-hybridized carbons (Fsp3) is 0.600. The number of hydrogen-bond acceptors (Lipinski definition) is 3. The van der Waals surface area contributed by atoms with Crippen LogP contribution < -0.4 is 10.5 Å². The van der Waals surface area contributed by atoms with Gasteiger partial charge in [-0.15, -0.1) is 0 Å². The van der Waals surface area contributed by atoms with Crippen LogP contribution in [-0.2, 0) is 4.74 Å². The maximum atomic E-state index is 6.36. The molecule has 2 N–H and O–H groups in total. The Morgan fingerprint density at radius 2 is 2.00 bits per heavy atom. The van der Waals surface area contributed by atoms with E-state index in [0.717, 1.165) is 24.2 Å². The Hall–Kier alpha value is -1.06. The second kappa shape index (κ2) is 5.29. The van der Waals surface area contributed by atoms with E-state index in [1.54, 1.807) is 7.11 Å². The molecule has 0 aliphatic carbocycles. The molecule has 3 heteroatoms. The predicted octanol–water partition coefficient (Wildman–Crippen LogP) is 2.88. The van der Waals surface area contributed by atoms with Crippen LogP contribution >= 0.6 is 0 Å². The minimum atomic E-state index is -0.0421. The average molecular weight is 249 g/mol. The van der Waals surface area contributed by atoms with Crippen LogP contribution in [0, 0.1) is 13.8 Å². The van der Waals surface area contributed by atoms with Crippen molar-refractivity contribution in [2.75, 3.05) is 7.11 Å². The van der Waals surface area contributed by atoms with Gasteiger partial charge in [-0.2, -0.15) is 0 Å². The Balaban J connectivity index is 2.25. The first-order valence-corrected chi connectivity index (χ1v) is 6.59. The monoisotopic (exact) mass is 249 g/mol. The van der Waals surface area contributed by atoms with Gasteiger partial charge in [0.15, 0.2) is 0 Å². The van der Waals surface area contributed by atoms with Crippen LogP contribution in [0.1, 0.15) is 42.5 Å². The molecule has 2 rings (SSSR count). The highest BCUT2D eigenvalue weighted by molar-refractivity contribution is 5.43. The van der Waals surface area contributed by atoms with Gasteiger partial charge in [0.1, 0.15) is 5.75 Å². The predicted molar refractivity (Wildman–Crippen MR) is 73.0 cm³/mol. The molecule has 0 bridgehead atoms. The molecule has 3 nitrogen and oxygen atoms in total. The molecule has 1 saturated heterocycles. The molecule has 3 unspecified atom stereocenters. The van der Waals surface area contributed by atoms with Crippen molar-refractivity contribution in [1.82, 2.24) is 0 Å². The molecule has 100 valence electrons. The number of aryl methyl sites for hydroxylation is 2. The third-order valence-electron chi connectivity index (χ3n) is 3.81. The maximum Gasteiger partial charge on any atom is 0.122 e. The molecule has 1 heterocycles. The van der Waals surface area contributed by atoms with Gasteiger partial charge in [0.05, 0.1) is 25.4 Å². The molecule has 1 aliphatic heterocycles. The summed E-state index contributed by atoms with van der Waals surface area (Å²) in [5, 5.41) is 0. The number of hydrogen-bond donors (Lipinski definition) is 1. The molecule has 1 fully saturated rings. The van der Waals surface area contributed by atoms with E-state index >= 15 is 0 Å². The van der Waals surface area contributed by atoms with Gasteiger partial charge in [0.2, 0.25) is 0 Å². The quantitative estimate of drug-likeness (QED) is 0.896. The molecule has 18 heavy (non-hydrogen) atoms. The van der Waals surface area contributed by atoms with Crippen LogP contribution in [0.25, 0.3) is 0 Å². The van der Waals surface area contributed by atoms with Gasteiger partial charge < -0.3 is 15.2 Å². The Labute approximate surface area is 109 Å². The third-order valence-corrected chi connectivity index (χ3v) is 3.81. The first-order valence-electron chi connectivity index (χ1n) is 6.59. The number of methoxy groups -OCH3 is 1. The molecule has 0 spiro atoms. The average Bonchev–Trinajstić information content (AvgIpc) is 2.77. The molecule has 1 aromatic carbocycles. The van der Waals surface area contributed by atoms with Crippen LogP contribution in [0.3, 0.4) is 0 Å². The lowest BCUT2D eigenvalue weighted by molar-refractivity contribution is 0.0400. The minimum Gasteiger partial charge on any atom is -0.496 e. The third kappa shape index (κ3) is 2.52. The molecule has 0 radical (unpaired) electrons. The summed E-state index contributed by atoms with van der Waals surface area (Å²) in [4.78, 5) is 0. The van der Waals surface area contributed by atoms with Gasteiger partial charge in [0.25, 0.3) is 0 Å². The standard InChI is InChI=1S/C15H23NO2/c1-9-8-14(17-4)10(2)7-12(9)15(16)13-6-5-11(3)18-13/h7-8,11,13,15H,5-6,16H2,1-4H3. The van der Waals surface area contributed by atoms with Crippen molar-refractivity contribution in [3.05, 3.63) is 28.8 Å². The van der Waals surface area contributed by atoms with Crippen molar-refractivity contribution in [3.8, 4) is 5.75 Å². The minimum absolute atomic E-state index is 0.0421. The lowest BCUT2D eigenvalue weighted by Gasteiger charge is -2.22. The van der Waals surface area contributed by atoms with E-state index in [2.05, 4.69) is 26.0 Å². The summed E-state index contributed by atoms with van der Waals surface area (Å²) < 4.78 is 11.2. The summed E-state index contributed by atoms with van der Waals surface area (Å²) in [5.41, 5.74) is 9.83. The van der Waals surface area contributed by atoms with Crippen LogP contribution in [0.4, 0.5) is 0 Å². The van der Waals surface area contributed by atoms with Crippen LogP contribution in [0.2, 0.25) is 0 Å². The van der Waals surface area contributed by atoms with E-state index in [-0.39, 0.29) is 12.1 Å². The Bertz CT molecular complexity index is 431. The van der Waals surface area contributed by atoms with Gasteiger partial charge in [-0.1, -0.05) is 6.07 Å². The van der Waals surface area contributed by atoms with Crippen LogP contribution in [-0.4, -0.2) is 19.3 Å². The van der Waals surface area contributed by atoms with E-state index in [1.165, 1.54) is 11.1 Å². The van der Waals surface area contributed by atoms with Crippen molar-refractivity contribution in [2.24, 2.45) is 5.73 Å². The highest BCUT2D eigenvalue weighted by Gasteiger charge is 2.29. The van der Waals surface area contributed by atoms with E-state index in [4.69, 9.17) is 15.2 Å². The lowest BCUT2D eigenvalue weighted by atomic mass is 9.94. The summed E-state index contributed by atoms with van der Waals surface area (Å²) in [6.45, 7) is 6.24. The first-order chi connectivity index (χ1) is 8.52. The second-order valence-corrected chi connectivity index (χ2v) is 5.27. The summed E-state index contributed by atoms with van der Waals surface area (Å²) in [7, 11) is 1.70. The first kappa shape index (κ1) is 13.4. The zero-order valence-electron chi connectivity index (χ0n) is 11.7. The van der Waals surface area contributed by atoms with Gasteiger partial charge in [-0.3, -0.25) is 0 Å². The zero-order valence-corrected chi connectivity index (χ0v) is 11.7. The smallest absolute Gasteiger partial charge is 0.122 e. The molecule has 3 atom stereocenters. The SMILES string of the molecule is COc1cc(C)c(C(N)C2CCC(C)O2)cc1C. The Kier molecular flexibility index (Phi) is 3.93. The highest BCUT2D eigenvalue weighted by Crippen LogP contribution is 2.32. The van der Waals surface area contributed by atoms with Crippen molar-refractivity contribution in [2.45, 2.75) is 51.9 Å². The van der Waals surface area contributed by atoms with E-state index in [1.807, 2.05) is 6.92 Å². The fourth-order valence-electron chi connectivity index (χ4n) is 2.69. The van der Waals surface area contributed by atoms with Gasteiger partial charge in [0, 0.05) is 0 Å². The van der Waals surface area contributed by atoms with Gasteiger partial charge in [-0.05, 0) is 56.4 Å². The van der Waals surface area contributed by atoms with E-state index in [9.17, 15) is 0 Å². The molecule has 1 aliphatic rings. The normalized spacial score (nSPS) is 25.2. The van der Waals surface area contributed by atoms with E-state index in [0.29, 0.717) is 6.10 Å². The summed E-state index contributed by atoms with van der Waals surface area (Å²) >= 11 is 0. The van der Waals surface area contributed by atoms with Crippen molar-refractivity contribution in [3.63, 3.8) is 0 Å². The Morgan fingerprint density at radius 3 is 2.56 bits per heavy atom. The number of ether oxygens (including phenoxy) is 2. The van der Waals surface area contributed by atoms with E-state index < -0.39 is 0 Å².